The molecule has 3 rings (SSSR count). The summed E-state index contributed by atoms with van der Waals surface area (Å²) in [5.41, 5.74) is 4.41. The van der Waals surface area contributed by atoms with Gasteiger partial charge in [0.2, 0.25) is 0 Å². The Bertz CT molecular complexity index is 465. The zero-order chi connectivity index (χ0) is 8.84. The molecule has 1 aromatic heterocycles. The van der Waals surface area contributed by atoms with E-state index in [1.54, 1.807) is 0 Å². The SMILES string of the molecule is Cc1ccc2c3c1ccn3CCC2. The molecule has 66 valence electrons. The highest BCUT2D eigenvalue weighted by Gasteiger charge is 2.12. The van der Waals surface area contributed by atoms with Crippen LogP contribution >= 0.6 is 0 Å². The summed E-state index contributed by atoms with van der Waals surface area (Å²) >= 11 is 0. The highest BCUT2D eigenvalue weighted by molar-refractivity contribution is 5.86. The van der Waals surface area contributed by atoms with E-state index in [9.17, 15) is 0 Å². The standard InChI is InChI=1S/C12H13N/c1-9-4-5-10-3-2-7-13-8-6-11(9)12(10)13/h4-6,8H,2-3,7H2,1H3. The molecule has 0 unspecified atom stereocenters. The van der Waals surface area contributed by atoms with Gasteiger partial charge in [-0.2, -0.15) is 0 Å². The van der Waals surface area contributed by atoms with Crippen LogP contribution in [-0.2, 0) is 13.0 Å². The first kappa shape index (κ1) is 7.19. The van der Waals surface area contributed by atoms with Crippen molar-refractivity contribution in [2.45, 2.75) is 26.3 Å². The fourth-order valence-corrected chi connectivity index (χ4v) is 2.37. The molecule has 0 aliphatic carbocycles. The van der Waals surface area contributed by atoms with Crippen LogP contribution in [0.3, 0.4) is 0 Å². The molecule has 1 aliphatic rings. The molecule has 0 atom stereocenters. The van der Waals surface area contributed by atoms with Crippen molar-refractivity contribution in [3.63, 3.8) is 0 Å². The molecule has 0 saturated heterocycles. The fraction of sp³-hybridized carbons (Fsp3) is 0.333. The van der Waals surface area contributed by atoms with Gasteiger partial charge in [-0.15, -0.1) is 0 Å². The normalized spacial score (nSPS) is 15.2. The van der Waals surface area contributed by atoms with Gasteiger partial charge in [0.15, 0.2) is 0 Å². The molecule has 0 fully saturated rings. The minimum atomic E-state index is 1.19. The first-order valence-corrected chi connectivity index (χ1v) is 4.93. The van der Waals surface area contributed by atoms with E-state index >= 15 is 0 Å². The van der Waals surface area contributed by atoms with Crippen molar-refractivity contribution in [2.24, 2.45) is 0 Å². The van der Waals surface area contributed by atoms with Gasteiger partial charge in [0.1, 0.15) is 0 Å². The van der Waals surface area contributed by atoms with Crippen molar-refractivity contribution in [1.29, 1.82) is 0 Å². The van der Waals surface area contributed by atoms with E-state index in [0.717, 1.165) is 0 Å². The Labute approximate surface area is 78.0 Å². The molecule has 0 bridgehead atoms. The van der Waals surface area contributed by atoms with Crippen LogP contribution < -0.4 is 0 Å². The maximum Gasteiger partial charge on any atom is 0.0515 e. The molecule has 0 N–H and O–H groups in total. The van der Waals surface area contributed by atoms with Gasteiger partial charge in [0, 0.05) is 18.1 Å². The maximum absolute atomic E-state index is 2.39. The van der Waals surface area contributed by atoms with Crippen LogP contribution in [0.15, 0.2) is 24.4 Å². The third kappa shape index (κ3) is 0.873. The Morgan fingerprint density at radius 1 is 1.23 bits per heavy atom. The van der Waals surface area contributed by atoms with Gasteiger partial charge in [-0.3, -0.25) is 0 Å². The molecule has 1 nitrogen and oxygen atoms in total. The summed E-state index contributed by atoms with van der Waals surface area (Å²) in [6, 6.07) is 6.78. The van der Waals surface area contributed by atoms with E-state index in [4.69, 9.17) is 0 Å². The zero-order valence-corrected chi connectivity index (χ0v) is 7.88. The quantitative estimate of drug-likeness (QED) is 0.574. The molecule has 13 heavy (non-hydrogen) atoms. The van der Waals surface area contributed by atoms with Crippen LogP contribution in [0, 0.1) is 6.92 Å². The second kappa shape index (κ2) is 2.38. The first-order valence-electron chi connectivity index (χ1n) is 4.93. The minimum Gasteiger partial charge on any atom is -0.347 e. The van der Waals surface area contributed by atoms with Crippen LogP contribution in [0.2, 0.25) is 0 Å². The maximum atomic E-state index is 2.39. The molecular weight excluding hydrogens is 158 g/mol. The predicted molar refractivity (Wildman–Crippen MR) is 55.0 cm³/mol. The predicted octanol–water partition coefficient (Wildman–Crippen LogP) is 2.90. The molecule has 2 aromatic rings. The smallest absolute Gasteiger partial charge is 0.0515 e. The number of aromatic nitrogens is 1. The Morgan fingerprint density at radius 2 is 2.15 bits per heavy atom. The first-order chi connectivity index (χ1) is 6.36. The lowest BCUT2D eigenvalue weighted by Gasteiger charge is -2.15. The van der Waals surface area contributed by atoms with Crippen LogP contribution in [0.4, 0.5) is 0 Å². The summed E-state index contributed by atoms with van der Waals surface area (Å²) in [5.74, 6) is 0. The van der Waals surface area contributed by atoms with E-state index in [1.807, 2.05) is 0 Å². The van der Waals surface area contributed by atoms with Crippen molar-refractivity contribution in [2.75, 3.05) is 0 Å². The fourth-order valence-electron chi connectivity index (χ4n) is 2.37. The highest BCUT2D eigenvalue weighted by Crippen LogP contribution is 2.28. The Morgan fingerprint density at radius 3 is 3.08 bits per heavy atom. The van der Waals surface area contributed by atoms with Crippen molar-refractivity contribution >= 4 is 10.9 Å². The van der Waals surface area contributed by atoms with Crippen molar-refractivity contribution in [1.82, 2.24) is 4.57 Å². The lowest BCUT2D eigenvalue weighted by atomic mass is 10.0. The molecule has 0 spiro atoms. The second-order valence-corrected chi connectivity index (χ2v) is 3.92. The number of benzene rings is 1. The van der Waals surface area contributed by atoms with Gasteiger partial charge < -0.3 is 4.57 Å². The van der Waals surface area contributed by atoms with Gasteiger partial charge in [-0.1, -0.05) is 12.1 Å². The monoisotopic (exact) mass is 171 g/mol. The number of hydrogen-bond acceptors (Lipinski definition) is 0. The van der Waals surface area contributed by atoms with Crippen molar-refractivity contribution < 1.29 is 0 Å². The number of aryl methyl sites for hydroxylation is 3. The van der Waals surface area contributed by atoms with E-state index < -0.39 is 0 Å². The average Bonchev–Trinajstić information content (AvgIpc) is 2.57. The van der Waals surface area contributed by atoms with E-state index in [0.29, 0.717) is 0 Å². The largest absolute Gasteiger partial charge is 0.347 e. The molecule has 0 radical (unpaired) electrons. The molecule has 1 aliphatic heterocycles. The molecule has 0 amide bonds. The summed E-state index contributed by atoms with van der Waals surface area (Å²) in [5, 5.41) is 1.44. The number of hydrogen-bond donors (Lipinski definition) is 0. The lowest BCUT2D eigenvalue weighted by molar-refractivity contribution is 0.636. The van der Waals surface area contributed by atoms with Gasteiger partial charge in [0.25, 0.3) is 0 Å². The molecule has 1 aromatic carbocycles. The van der Waals surface area contributed by atoms with Gasteiger partial charge in [0.05, 0.1) is 5.52 Å². The summed E-state index contributed by atoms with van der Waals surface area (Å²) < 4.78 is 2.39. The second-order valence-electron chi connectivity index (χ2n) is 3.92. The van der Waals surface area contributed by atoms with Crippen molar-refractivity contribution in [3.05, 3.63) is 35.5 Å². The number of rotatable bonds is 0. The van der Waals surface area contributed by atoms with Crippen LogP contribution in [0.5, 0.6) is 0 Å². The van der Waals surface area contributed by atoms with Gasteiger partial charge in [-0.25, -0.2) is 0 Å². The molecule has 2 heterocycles. The Kier molecular flexibility index (Phi) is 1.32. The minimum absolute atomic E-state index is 1.19. The summed E-state index contributed by atoms with van der Waals surface area (Å²) in [4.78, 5) is 0. The molecule has 1 heteroatoms. The Balaban J connectivity index is 2.50. The van der Waals surface area contributed by atoms with Gasteiger partial charge in [-0.05, 0) is 37.0 Å². The highest BCUT2D eigenvalue weighted by atomic mass is 15.0. The van der Waals surface area contributed by atoms with Crippen LogP contribution in [0.25, 0.3) is 10.9 Å². The third-order valence-electron chi connectivity index (χ3n) is 3.07. The summed E-state index contributed by atoms with van der Waals surface area (Å²) in [6.45, 7) is 3.39. The molecular formula is C12H13N. The number of nitrogens with zero attached hydrogens (tertiary/aromatic N) is 1. The van der Waals surface area contributed by atoms with E-state index in [2.05, 4.69) is 35.9 Å². The van der Waals surface area contributed by atoms with Crippen LogP contribution in [-0.4, -0.2) is 4.57 Å². The summed E-state index contributed by atoms with van der Waals surface area (Å²) in [7, 11) is 0. The average molecular weight is 171 g/mol. The molecule has 0 saturated carbocycles. The summed E-state index contributed by atoms with van der Waals surface area (Å²) in [6.07, 6.45) is 4.76. The van der Waals surface area contributed by atoms with Crippen LogP contribution in [0.1, 0.15) is 17.5 Å². The van der Waals surface area contributed by atoms with Crippen molar-refractivity contribution in [3.8, 4) is 0 Å². The van der Waals surface area contributed by atoms with E-state index in [1.165, 1.54) is 41.4 Å². The lowest BCUT2D eigenvalue weighted by Crippen LogP contribution is -2.06. The Hall–Kier alpha value is -1.24. The topological polar surface area (TPSA) is 4.93 Å². The third-order valence-corrected chi connectivity index (χ3v) is 3.07. The zero-order valence-electron chi connectivity index (χ0n) is 7.88. The van der Waals surface area contributed by atoms with E-state index in [-0.39, 0.29) is 0 Å². The van der Waals surface area contributed by atoms with Gasteiger partial charge >= 0.3 is 0 Å².